The van der Waals surface area contributed by atoms with E-state index in [0.29, 0.717) is 5.75 Å². The van der Waals surface area contributed by atoms with Crippen molar-refractivity contribution in [1.82, 2.24) is 0 Å². The van der Waals surface area contributed by atoms with Crippen LogP contribution in [0.4, 0.5) is 11.4 Å². The van der Waals surface area contributed by atoms with Crippen LogP contribution in [-0.4, -0.2) is 24.5 Å². The smallest absolute Gasteiger partial charge is 0.255 e. The molecule has 25 heavy (non-hydrogen) atoms. The highest BCUT2D eigenvalue weighted by molar-refractivity contribution is 9.10. The molecule has 0 bridgehead atoms. The first-order valence-corrected chi connectivity index (χ1v) is 8.49. The van der Waals surface area contributed by atoms with Gasteiger partial charge >= 0.3 is 0 Å². The average Bonchev–Trinajstić information content (AvgIpc) is 2.56. The average molecular weight is 406 g/mol. The fraction of sp³-hybridized carbons (Fsp3) is 0.222. The second-order valence-corrected chi connectivity index (χ2v) is 6.47. The summed E-state index contributed by atoms with van der Waals surface area (Å²) in [7, 11) is 0. The van der Waals surface area contributed by atoms with E-state index in [0.717, 1.165) is 21.4 Å². The van der Waals surface area contributed by atoms with Gasteiger partial charge in [-0.05, 0) is 71.7 Å². The molecule has 6 nitrogen and oxygen atoms in total. The molecule has 2 amide bonds. The van der Waals surface area contributed by atoms with Crippen molar-refractivity contribution in [2.75, 3.05) is 17.2 Å². The predicted molar refractivity (Wildman–Crippen MR) is 102 cm³/mol. The zero-order valence-electron chi connectivity index (χ0n) is 14.0. The third-order valence-electron chi connectivity index (χ3n) is 3.39. The lowest BCUT2D eigenvalue weighted by atomic mass is 10.2. The first-order valence-electron chi connectivity index (χ1n) is 7.70. The van der Waals surface area contributed by atoms with Gasteiger partial charge in [-0.15, -0.1) is 0 Å². The summed E-state index contributed by atoms with van der Waals surface area (Å²) in [6.07, 6.45) is 0. The highest BCUT2D eigenvalue weighted by atomic mass is 79.9. The monoisotopic (exact) mass is 405 g/mol. The second-order valence-electron chi connectivity index (χ2n) is 5.62. The maximum absolute atomic E-state index is 12.3. The Bertz CT molecular complexity index is 763. The van der Waals surface area contributed by atoms with E-state index in [1.165, 1.54) is 0 Å². The molecule has 1 atom stereocenters. The number of halogens is 1. The predicted octanol–water partition coefficient (Wildman–Crippen LogP) is 3.06. The van der Waals surface area contributed by atoms with Crippen molar-refractivity contribution in [2.45, 2.75) is 19.9 Å². The third-order valence-corrected chi connectivity index (χ3v) is 4.05. The molecule has 1 unspecified atom stereocenters. The Kier molecular flexibility index (Phi) is 6.41. The van der Waals surface area contributed by atoms with Crippen LogP contribution in [-0.2, 0) is 9.59 Å². The van der Waals surface area contributed by atoms with E-state index >= 15 is 0 Å². The summed E-state index contributed by atoms with van der Waals surface area (Å²) in [5, 5.41) is 5.99. The lowest BCUT2D eigenvalue weighted by Crippen LogP contribution is -2.31. The molecule has 0 radical (unpaired) electrons. The van der Waals surface area contributed by atoms with Crippen LogP contribution in [0.15, 0.2) is 46.9 Å². The van der Waals surface area contributed by atoms with Gasteiger partial charge < -0.3 is 21.1 Å². The van der Waals surface area contributed by atoms with Crippen molar-refractivity contribution < 1.29 is 14.3 Å². The number of nitrogens with one attached hydrogen (secondary N) is 2. The minimum Gasteiger partial charge on any atom is -0.484 e. The summed E-state index contributed by atoms with van der Waals surface area (Å²) in [6.45, 7) is 3.59. The molecule has 4 N–H and O–H groups in total. The summed E-state index contributed by atoms with van der Waals surface area (Å²) in [6, 6.07) is 12.2. The zero-order chi connectivity index (χ0) is 18.4. The molecule has 2 rings (SSSR count). The molecule has 0 aliphatic carbocycles. The van der Waals surface area contributed by atoms with Crippen molar-refractivity contribution in [3.63, 3.8) is 0 Å². The summed E-state index contributed by atoms with van der Waals surface area (Å²) < 4.78 is 6.03. The number of carbonyl (C=O) groups excluding carboxylic acids is 2. The lowest BCUT2D eigenvalue weighted by Gasteiger charge is -2.16. The van der Waals surface area contributed by atoms with Gasteiger partial charge in [0.1, 0.15) is 11.8 Å². The number of rotatable bonds is 7. The molecule has 132 valence electrons. The van der Waals surface area contributed by atoms with Crippen LogP contribution in [0.5, 0.6) is 5.75 Å². The van der Waals surface area contributed by atoms with E-state index < -0.39 is 11.9 Å². The molecule has 2 aromatic rings. The largest absolute Gasteiger partial charge is 0.484 e. The summed E-state index contributed by atoms with van der Waals surface area (Å²) in [5.74, 6) is -0.154. The van der Waals surface area contributed by atoms with E-state index in [9.17, 15) is 9.59 Å². The van der Waals surface area contributed by atoms with Gasteiger partial charge in [0.05, 0.1) is 5.69 Å². The Labute approximate surface area is 154 Å². The van der Waals surface area contributed by atoms with Crippen molar-refractivity contribution in [2.24, 2.45) is 5.73 Å². The number of carbonyl (C=O) groups is 2. The van der Waals surface area contributed by atoms with Crippen LogP contribution in [0.1, 0.15) is 12.5 Å². The Morgan fingerprint density at radius 3 is 2.48 bits per heavy atom. The number of primary amides is 1. The van der Waals surface area contributed by atoms with Gasteiger partial charge in [-0.25, -0.2) is 0 Å². The number of hydrogen-bond donors (Lipinski definition) is 3. The molecule has 2 aromatic carbocycles. The number of anilines is 2. The Balaban J connectivity index is 1.93. The summed E-state index contributed by atoms with van der Waals surface area (Å²) >= 11 is 3.44. The normalized spacial score (nSPS) is 11.5. The molecule has 0 aliphatic rings. The number of amides is 2. The molecule has 0 saturated heterocycles. The van der Waals surface area contributed by atoms with Gasteiger partial charge in [0.25, 0.3) is 5.91 Å². The second kappa shape index (κ2) is 8.53. The minimum atomic E-state index is -0.533. The molecule has 0 fully saturated rings. The van der Waals surface area contributed by atoms with Gasteiger partial charge in [-0.2, -0.15) is 0 Å². The van der Waals surface area contributed by atoms with Crippen LogP contribution in [0, 0.1) is 6.92 Å². The third kappa shape index (κ3) is 5.79. The highest BCUT2D eigenvalue weighted by Gasteiger charge is 2.14. The molecule has 0 aromatic heterocycles. The van der Waals surface area contributed by atoms with E-state index in [4.69, 9.17) is 10.5 Å². The van der Waals surface area contributed by atoms with Gasteiger partial charge in [0.15, 0.2) is 6.61 Å². The first-order chi connectivity index (χ1) is 11.8. The standard InChI is InChI=1S/C18H20BrN3O3/c1-11-3-8-16(15(19)9-11)22-18(24)12(2)21-13-4-6-14(7-5-13)25-10-17(20)23/h3-9,12,21H,10H2,1-2H3,(H2,20,23)(H,22,24). The molecule has 0 heterocycles. The summed E-state index contributed by atoms with van der Waals surface area (Å²) in [4.78, 5) is 23.0. The number of aryl methyl sites for hydroxylation is 1. The Morgan fingerprint density at radius 2 is 1.88 bits per heavy atom. The maximum atomic E-state index is 12.3. The molecule has 0 aliphatic heterocycles. The quantitative estimate of drug-likeness (QED) is 0.659. The molecule has 0 saturated carbocycles. The van der Waals surface area contributed by atoms with Crippen LogP contribution < -0.4 is 21.1 Å². The topological polar surface area (TPSA) is 93.4 Å². The molecule has 7 heteroatoms. The summed E-state index contributed by atoms with van der Waals surface area (Å²) in [5.41, 5.74) is 7.62. The number of hydrogen-bond acceptors (Lipinski definition) is 4. The molecule has 0 spiro atoms. The first kappa shape index (κ1) is 18.8. The van der Waals surface area contributed by atoms with E-state index in [1.54, 1.807) is 31.2 Å². The fourth-order valence-electron chi connectivity index (χ4n) is 2.08. The van der Waals surface area contributed by atoms with E-state index in [-0.39, 0.29) is 12.5 Å². The van der Waals surface area contributed by atoms with Gasteiger partial charge in [0.2, 0.25) is 5.91 Å². The molecular formula is C18H20BrN3O3. The van der Waals surface area contributed by atoms with Crippen LogP contribution in [0.3, 0.4) is 0 Å². The number of ether oxygens (including phenoxy) is 1. The Hall–Kier alpha value is -2.54. The number of benzene rings is 2. The zero-order valence-corrected chi connectivity index (χ0v) is 15.6. The number of nitrogens with two attached hydrogens (primary N) is 1. The van der Waals surface area contributed by atoms with Crippen molar-refractivity contribution >= 4 is 39.1 Å². The van der Waals surface area contributed by atoms with Crippen LogP contribution in [0.25, 0.3) is 0 Å². The maximum Gasteiger partial charge on any atom is 0.255 e. The van der Waals surface area contributed by atoms with Gasteiger partial charge in [-0.1, -0.05) is 6.07 Å². The fourth-order valence-corrected chi connectivity index (χ4v) is 2.67. The van der Waals surface area contributed by atoms with Crippen LogP contribution in [0.2, 0.25) is 0 Å². The Morgan fingerprint density at radius 1 is 1.20 bits per heavy atom. The van der Waals surface area contributed by atoms with Crippen molar-refractivity contribution in [3.8, 4) is 5.75 Å². The van der Waals surface area contributed by atoms with Gasteiger partial charge in [-0.3, -0.25) is 9.59 Å². The minimum absolute atomic E-state index is 0.154. The molecular weight excluding hydrogens is 386 g/mol. The highest BCUT2D eigenvalue weighted by Crippen LogP contribution is 2.24. The van der Waals surface area contributed by atoms with Crippen molar-refractivity contribution in [1.29, 1.82) is 0 Å². The van der Waals surface area contributed by atoms with E-state index in [2.05, 4.69) is 26.6 Å². The van der Waals surface area contributed by atoms with Gasteiger partial charge in [0, 0.05) is 10.2 Å². The van der Waals surface area contributed by atoms with Crippen molar-refractivity contribution in [3.05, 3.63) is 52.5 Å². The lowest BCUT2D eigenvalue weighted by molar-refractivity contribution is -0.120. The van der Waals surface area contributed by atoms with Crippen LogP contribution >= 0.6 is 15.9 Å². The SMILES string of the molecule is Cc1ccc(NC(=O)C(C)Nc2ccc(OCC(N)=O)cc2)c(Br)c1. The van der Waals surface area contributed by atoms with E-state index in [1.807, 2.05) is 25.1 Å².